The SMILES string of the molecule is Cc1cc(N2CCCC2=O)ccc1S(=O)(=O)N(C)Cc1sccc1C. The van der Waals surface area contributed by atoms with Crippen LogP contribution < -0.4 is 4.90 Å². The first-order chi connectivity index (χ1) is 11.8. The molecule has 0 atom stereocenters. The molecule has 0 saturated carbocycles. The molecule has 0 aliphatic carbocycles. The number of benzene rings is 1. The fourth-order valence-corrected chi connectivity index (χ4v) is 5.41. The van der Waals surface area contributed by atoms with Crippen molar-refractivity contribution in [1.29, 1.82) is 0 Å². The largest absolute Gasteiger partial charge is 0.312 e. The Balaban J connectivity index is 1.87. The highest BCUT2D eigenvalue weighted by Crippen LogP contribution is 2.28. The third-order valence-corrected chi connectivity index (χ3v) is 7.54. The minimum Gasteiger partial charge on any atom is -0.312 e. The van der Waals surface area contributed by atoms with Gasteiger partial charge in [0.25, 0.3) is 0 Å². The summed E-state index contributed by atoms with van der Waals surface area (Å²) in [7, 11) is -1.98. The average molecular weight is 379 g/mol. The molecule has 1 aliphatic rings. The normalized spacial score (nSPS) is 15.4. The van der Waals surface area contributed by atoms with Crippen LogP contribution in [0.15, 0.2) is 34.5 Å². The van der Waals surface area contributed by atoms with Crippen molar-refractivity contribution in [2.45, 2.75) is 38.1 Å². The van der Waals surface area contributed by atoms with Gasteiger partial charge in [-0.15, -0.1) is 11.3 Å². The van der Waals surface area contributed by atoms with Crippen LogP contribution in [0.3, 0.4) is 0 Å². The molecule has 2 heterocycles. The van der Waals surface area contributed by atoms with Crippen molar-refractivity contribution in [3.05, 3.63) is 45.6 Å². The number of thiophene rings is 1. The quantitative estimate of drug-likeness (QED) is 0.802. The fraction of sp³-hybridized carbons (Fsp3) is 0.389. The molecular weight excluding hydrogens is 356 g/mol. The van der Waals surface area contributed by atoms with Crippen molar-refractivity contribution >= 4 is 33.0 Å². The number of hydrogen-bond acceptors (Lipinski definition) is 4. The van der Waals surface area contributed by atoms with Crippen molar-refractivity contribution in [3.63, 3.8) is 0 Å². The van der Waals surface area contributed by atoms with Gasteiger partial charge in [0.05, 0.1) is 4.90 Å². The number of rotatable bonds is 5. The number of hydrogen-bond donors (Lipinski definition) is 0. The van der Waals surface area contributed by atoms with E-state index in [0.29, 0.717) is 30.0 Å². The van der Waals surface area contributed by atoms with Gasteiger partial charge in [0.15, 0.2) is 0 Å². The second-order valence-electron chi connectivity index (χ2n) is 6.39. The lowest BCUT2D eigenvalue weighted by atomic mass is 10.2. The lowest BCUT2D eigenvalue weighted by Gasteiger charge is -2.21. The first-order valence-electron chi connectivity index (χ1n) is 8.21. The third kappa shape index (κ3) is 3.49. The molecule has 0 radical (unpaired) electrons. The lowest BCUT2D eigenvalue weighted by Crippen LogP contribution is -2.27. The number of carbonyl (C=O) groups excluding carboxylic acids is 1. The Morgan fingerprint density at radius 1 is 1.20 bits per heavy atom. The van der Waals surface area contributed by atoms with Gasteiger partial charge in [-0.1, -0.05) is 0 Å². The Morgan fingerprint density at radius 2 is 1.96 bits per heavy atom. The number of aryl methyl sites for hydroxylation is 2. The van der Waals surface area contributed by atoms with E-state index in [1.54, 1.807) is 48.4 Å². The lowest BCUT2D eigenvalue weighted by molar-refractivity contribution is -0.117. The molecular formula is C18H22N2O3S2. The number of amides is 1. The summed E-state index contributed by atoms with van der Waals surface area (Å²) in [6.45, 7) is 4.82. The standard InChI is InChI=1S/C18H22N2O3S2/c1-13-8-10-24-16(13)12-19(3)25(22,23)17-7-6-15(11-14(17)2)20-9-4-5-18(20)21/h6-8,10-11H,4-5,9,12H2,1-3H3. The summed E-state index contributed by atoms with van der Waals surface area (Å²) >= 11 is 1.56. The van der Waals surface area contributed by atoms with Crippen molar-refractivity contribution in [1.82, 2.24) is 4.31 Å². The molecule has 25 heavy (non-hydrogen) atoms. The molecule has 0 unspecified atom stereocenters. The van der Waals surface area contributed by atoms with Gasteiger partial charge in [-0.25, -0.2) is 8.42 Å². The highest BCUT2D eigenvalue weighted by atomic mass is 32.2. The van der Waals surface area contributed by atoms with E-state index >= 15 is 0 Å². The second kappa shape index (κ2) is 6.90. The molecule has 1 saturated heterocycles. The molecule has 2 aromatic rings. The first-order valence-corrected chi connectivity index (χ1v) is 10.5. The summed E-state index contributed by atoms with van der Waals surface area (Å²) in [4.78, 5) is 14.9. The van der Waals surface area contributed by atoms with Gasteiger partial charge < -0.3 is 4.90 Å². The monoisotopic (exact) mass is 378 g/mol. The number of nitrogens with zero attached hydrogens (tertiary/aromatic N) is 2. The molecule has 0 spiro atoms. The van der Waals surface area contributed by atoms with E-state index in [9.17, 15) is 13.2 Å². The van der Waals surface area contributed by atoms with Gasteiger partial charge in [0, 0.05) is 37.1 Å². The highest BCUT2D eigenvalue weighted by Gasteiger charge is 2.26. The maximum absolute atomic E-state index is 12.9. The van der Waals surface area contributed by atoms with Crippen LogP contribution in [0.5, 0.6) is 0 Å². The topological polar surface area (TPSA) is 57.7 Å². The van der Waals surface area contributed by atoms with Crippen LogP contribution in [0.25, 0.3) is 0 Å². The Hall–Kier alpha value is -1.70. The highest BCUT2D eigenvalue weighted by molar-refractivity contribution is 7.89. The predicted octanol–water partition coefficient (Wildman–Crippen LogP) is 3.31. The Kier molecular flexibility index (Phi) is 4.99. The molecule has 5 nitrogen and oxygen atoms in total. The van der Waals surface area contributed by atoms with Crippen molar-refractivity contribution in [2.75, 3.05) is 18.5 Å². The van der Waals surface area contributed by atoms with Crippen molar-refractivity contribution < 1.29 is 13.2 Å². The zero-order valence-corrected chi connectivity index (χ0v) is 16.3. The van der Waals surface area contributed by atoms with Crippen LogP contribution in [0, 0.1) is 13.8 Å². The molecule has 1 aromatic carbocycles. The molecule has 0 N–H and O–H groups in total. The fourth-order valence-electron chi connectivity index (χ4n) is 3.03. The molecule has 134 valence electrons. The van der Waals surface area contributed by atoms with Gasteiger partial charge >= 0.3 is 0 Å². The van der Waals surface area contributed by atoms with Crippen LogP contribution in [0.2, 0.25) is 0 Å². The maximum atomic E-state index is 12.9. The van der Waals surface area contributed by atoms with E-state index in [-0.39, 0.29) is 5.91 Å². The molecule has 1 fully saturated rings. The van der Waals surface area contributed by atoms with E-state index in [1.165, 1.54) is 4.31 Å². The van der Waals surface area contributed by atoms with Crippen molar-refractivity contribution in [3.8, 4) is 0 Å². The predicted molar refractivity (Wildman–Crippen MR) is 100 cm³/mol. The minimum atomic E-state index is -3.58. The first kappa shape index (κ1) is 18.1. The Morgan fingerprint density at radius 3 is 2.52 bits per heavy atom. The molecule has 0 bridgehead atoms. The van der Waals surface area contributed by atoms with Crippen molar-refractivity contribution in [2.24, 2.45) is 0 Å². The van der Waals surface area contributed by atoms with E-state index in [4.69, 9.17) is 0 Å². The van der Waals surface area contributed by atoms with E-state index in [0.717, 1.165) is 22.5 Å². The number of sulfonamides is 1. The summed E-state index contributed by atoms with van der Waals surface area (Å²) in [6.07, 6.45) is 1.41. The van der Waals surface area contributed by atoms with E-state index in [1.807, 2.05) is 18.4 Å². The molecule has 1 aliphatic heterocycles. The van der Waals surface area contributed by atoms with Crippen LogP contribution in [-0.2, 0) is 21.4 Å². The summed E-state index contributed by atoms with van der Waals surface area (Å²) in [6, 6.07) is 7.13. The Bertz CT molecular complexity index is 903. The van der Waals surface area contributed by atoms with E-state index in [2.05, 4.69) is 0 Å². The average Bonchev–Trinajstić information content (AvgIpc) is 3.15. The molecule has 3 rings (SSSR count). The Labute approximate surface area is 152 Å². The van der Waals surface area contributed by atoms with Crippen LogP contribution in [0.1, 0.15) is 28.8 Å². The van der Waals surface area contributed by atoms with Gasteiger partial charge in [0.2, 0.25) is 15.9 Å². The summed E-state index contributed by atoms with van der Waals surface area (Å²) < 4.78 is 27.3. The molecule has 1 aromatic heterocycles. The molecule has 7 heteroatoms. The van der Waals surface area contributed by atoms with Gasteiger partial charge in [-0.3, -0.25) is 4.79 Å². The van der Waals surface area contributed by atoms with Gasteiger partial charge in [0.1, 0.15) is 0 Å². The zero-order chi connectivity index (χ0) is 18.2. The maximum Gasteiger partial charge on any atom is 0.243 e. The van der Waals surface area contributed by atoms with Crippen LogP contribution >= 0.6 is 11.3 Å². The van der Waals surface area contributed by atoms with Gasteiger partial charge in [-0.05, 0) is 61.0 Å². The smallest absolute Gasteiger partial charge is 0.243 e. The third-order valence-electron chi connectivity index (χ3n) is 4.57. The summed E-state index contributed by atoms with van der Waals surface area (Å²) in [5.74, 6) is 0.0975. The van der Waals surface area contributed by atoms with Gasteiger partial charge in [-0.2, -0.15) is 4.31 Å². The van der Waals surface area contributed by atoms with Crippen LogP contribution in [0.4, 0.5) is 5.69 Å². The van der Waals surface area contributed by atoms with E-state index < -0.39 is 10.0 Å². The minimum absolute atomic E-state index is 0.0975. The number of carbonyl (C=O) groups is 1. The zero-order valence-electron chi connectivity index (χ0n) is 14.7. The number of anilines is 1. The summed E-state index contributed by atoms with van der Waals surface area (Å²) in [5.41, 5.74) is 2.54. The molecule has 1 amide bonds. The summed E-state index contributed by atoms with van der Waals surface area (Å²) in [5, 5.41) is 1.97. The van der Waals surface area contributed by atoms with Crippen LogP contribution in [-0.4, -0.2) is 32.2 Å². The second-order valence-corrected chi connectivity index (χ2v) is 9.40.